The molecule has 6 heteroatoms. The zero-order valence-corrected chi connectivity index (χ0v) is 11.4. The molecule has 1 N–H and O–H groups in total. The fourth-order valence-corrected chi connectivity index (χ4v) is 2.69. The van der Waals surface area contributed by atoms with Crippen LogP contribution in [0.4, 0.5) is 5.69 Å². The van der Waals surface area contributed by atoms with E-state index in [9.17, 15) is 14.9 Å². The maximum atomic E-state index is 11.4. The lowest BCUT2D eigenvalue weighted by atomic mass is 9.99. The second-order valence-corrected chi connectivity index (χ2v) is 5.21. The van der Waals surface area contributed by atoms with E-state index in [1.54, 1.807) is 6.20 Å². The van der Waals surface area contributed by atoms with Gasteiger partial charge in [-0.15, -0.1) is 0 Å². The van der Waals surface area contributed by atoms with Crippen LogP contribution >= 0.6 is 0 Å². The number of hydrogen-bond acceptors (Lipinski definition) is 4. The molecule has 0 unspecified atom stereocenters. The molecule has 0 amide bonds. The van der Waals surface area contributed by atoms with Crippen molar-refractivity contribution >= 4 is 5.69 Å². The van der Waals surface area contributed by atoms with Crippen LogP contribution < -0.4 is 5.56 Å². The average molecular weight is 285 g/mol. The molecule has 0 atom stereocenters. The first kappa shape index (κ1) is 13.5. The van der Waals surface area contributed by atoms with E-state index in [2.05, 4.69) is 22.0 Å². The Bertz CT molecular complexity index is 739. The van der Waals surface area contributed by atoms with E-state index in [-0.39, 0.29) is 0 Å². The SMILES string of the molecule is O=c1[nH]cc(CN2CCc3ccccc3C2)cc1[N+](=O)[O-]. The first-order valence-electron chi connectivity index (χ1n) is 6.78. The number of nitro groups is 1. The molecular weight excluding hydrogens is 270 g/mol. The van der Waals surface area contributed by atoms with Crippen LogP contribution in [0.3, 0.4) is 0 Å². The second kappa shape index (κ2) is 5.49. The summed E-state index contributed by atoms with van der Waals surface area (Å²) in [4.78, 5) is 26.2. The monoisotopic (exact) mass is 285 g/mol. The lowest BCUT2D eigenvalue weighted by molar-refractivity contribution is -0.386. The molecule has 0 saturated carbocycles. The summed E-state index contributed by atoms with van der Waals surface area (Å²) < 4.78 is 0. The number of fused-ring (bicyclic) bond motifs is 1. The number of nitrogens with one attached hydrogen (secondary N) is 1. The summed E-state index contributed by atoms with van der Waals surface area (Å²) in [5, 5.41) is 10.8. The Kier molecular flexibility index (Phi) is 3.53. The molecule has 1 aliphatic rings. The molecule has 0 radical (unpaired) electrons. The van der Waals surface area contributed by atoms with Gasteiger partial charge in [-0.25, -0.2) is 0 Å². The van der Waals surface area contributed by atoms with E-state index in [1.807, 2.05) is 12.1 Å². The molecule has 0 aliphatic carbocycles. The van der Waals surface area contributed by atoms with Crippen molar-refractivity contribution in [2.24, 2.45) is 0 Å². The molecule has 3 rings (SSSR count). The minimum Gasteiger partial charge on any atom is -0.323 e. The van der Waals surface area contributed by atoms with Crippen molar-refractivity contribution in [2.45, 2.75) is 19.5 Å². The zero-order chi connectivity index (χ0) is 14.8. The highest BCUT2D eigenvalue weighted by molar-refractivity contribution is 5.31. The van der Waals surface area contributed by atoms with Crippen LogP contribution in [0.1, 0.15) is 16.7 Å². The molecule has 2 aromatic rings. The summed E-state index contributed by atoms with van der Waals surface area (Å²) >= 11 is 0. The van der Waals surface area contributed by atoms with Crippen LogP contribution in [-0.4, -0.2) is 21.4 Å². The maximum absolute atomic E-state index is 11.4. The van der Waals surface area contributed by atoms with E-state index < -0.39 is 16.2 Å². The molecule has 1 aromatic heterocycles. The van der Waals surface area contributed by atoms with Crippen molar-refractivity contribution in [1.82, 2.24) is 9.88 Å². The fraction of sp³-hybridized carbons (Fsp3) is 0.267. The Morgan fingerprint density at radius 1 is 1.29 bits per heavy atom. The second-order valence-electron chi connectivity index (χ2n) is 5.21. The summed E-state index contributed by atoms with van der Waals surface area (Å²) in [7, 11) is 0. The molecule has 0 spiro atoms. The van der Waals surface area contributed by atoms with Crippen LogP contribution in [0.2, 0.25) is 0 Å². The number of aromatic nitrogens is 1. The van der Waals surface area contributed by atoms with Crippen molar-refractivity contribution in [1.29, 1.82) is 0 Å². The first-order chi connectivity index (χ1) is 10.1. The molecule has 1 aliphatic heterocycles. The van der Waals surface area contributed by atoms with Crippen molar-refractivity contribution in [2.75, 3.05) is 6.54 Å². The number of benzene rings is 1. The van der Waals surface area contributed by atoms with E-state index in [0.717, 1.165) is 25.1 Å². The number of H-pyrrole nitrogens is 1. The van der Waals surface area contributed by atoms with Crippen molar-refractivity contribution in [3.8, 4) is 0 Å². The van der Waals surface area contributed by atoms with Crippen molar-refractivity contribution < 1.29 is 4.92 Å². The van der Waals surface area contributed by atoms with Gasteiger partial charge in [0.05, 0.1) is 4.92 Å². The molecule has 6 nitrogen and oxygen atoms in total. The van der Waals surface area contributed by atoms with E-state index >= 15 is 0 Å². The smallest absolute Gasteiger partial charge is 0.323 e. The Balaban J connectivity index is 1.78. The van der Waals surface area contributed by atoms with Crippen LogP contribution in [0.5, 0.6) is 0 Å². The fourth-order valence-electron chi connectivity index (χ4n) is 2.69. The van der Waals surface area contributed by atoms with Gasteiger partial charge in [0, 0.05) is 31.9 Å². The highest BCUT2D eigenvalue weighted by Crippen LogP contribution is 2.20. The molecule has 0 fully saturated rings. The summed E-state index contributed by atoms with van der Waals surface area (Å²) in [6.45, 7) is 2.32. The highest BCUT2D eigenvalue weighted by Gasteiger charge is 2.18. The lowest BCUT2D eigenvalue weighted by Crippen LogP contribution is -2.30. The van der Waals surface area contributed by atoms with E-state index in [4.69, 9.17) is 0 Å². The predicted octanol–water partition coefficient (Wildman–Crippen LogP) is 1.84. The number of hydrogen-bond donors (Lipinski definition) is 1. The lowest BCUT2D eigenvalue weighted by Gasteiger charge is -2.28. The van der Waals surface area contributed by atoms with Gasteiger partial charge in [-0.3, -0.25) is 19.8 Å². The Morgan fingerprint density at radius 2 is 2.05 bits per heavy atom. The van der Waals surface area contributed by atoms with E-state index in [1.165, 1.54) is 17.2 Å². The molecule has 0 bridgehead atoms. The van der Waals surface area contributed by atoms with Crippen LogP contribution in [0.15, 0.2) is 41.3 Å². The molecular formula is C15H15N3O3. The van der Waals surface area contributed by atoms with Gasteiger partial charge >= 0.3 is 11.2 Å². The van der Waals surface area contributed by atoms with Crippen molar-refractivity contribution in [3.63, 3.8) is 0 Å². The topological polar surface area (TPSA) is 79.2 Å². The quantitative estimate of drug-likeness (QED) is 0.689. The Labute approximate surface area is 121 Å². The average Bonchev–Trinajstić information content (AvgIpc) is 2.49. The van der Waals surface area contributed by atoms with Gasteiger partial charge in [0.25, 0.3) is 0 Å². The molecule has 2 heterocycles. The third-order valence-electron chi connectivity index (χ3n) is 3.76. The number of pyridine rings is 1. The van der Waals surface area contributed by atoms with Crippen LogP contribution in [0, 0.1) is 10.1 Å². The van der Waals surface area contributed by atoms with Gasteiger partial charge in [0.15, 0.2) is 0 Å². The van der Waals surface area contributed by atoms with Gasteiger partial charge in [0.1, 0.15) is 0 Å². The molecule has 1 aromatic carbocycles. The normalized spacial score (nSPS) is 14.7. The molecule has 21 heavy (non-hydrogen) atoms. The number of nitrogens with zero attached hydrogens (tertiary/aromatic N) is 2. The zero-order valence-electron chi connectivity index (χ0n) is 11.4. The van der Waals surface area contributed by atoms with Gasteiger partial charge in [-0.1, -0.05) is 24.3 Å². The van der Waals surface area contributed by atoms with Gasteiger partial charge in [0.2, 0.25) is 0 Å². The third kappa shape index (κ3) is 2.85. The highest BCUT2D eigenvalue weighted by atomic mass is 16.6. The first-order valence-corrected chi connectivity index (χ1v) is 6.78. The van der Waals surface area contributed by atoms with Gasteiger partial charge in [-0.2, -0.15) is 0 Å². The third-order valence-corrected chi connectivity index (χ3v) is 3.76. The van der Waals surface area contributed by atoms with E-state index in [0.29, 0.717) is 6.54 Å². The van der Waals surface area contributed by atoms with Crippen LogP contribution in [-0.2, 0) is 19.5 Å². The minimum atomic E-state index is -0.660. The number of aromatic amines is 1. The Hall–Kier alpha value is -2.47. The summed E-state index contributed by atoms with van der Waals surface area (Å²) in [6, 6.07) is 9.67. The maximum Gasteiger partial charge on any atom is 0.334 e. The largest absolute Gasteiger partial charge is 0.334 e. The van der Waals surface area contributed by atoms with Gasteiger partial charge < -0.3 is 4.98 Å². The van der Waals surface area contributed by atoms with Crippen molar-refractivity contribution in [3.05, 3.63) is 73.7 Å². The van der Waals surface area contributed by atoms with Gasteiger partial charge in [-0.05, 0) is 23.1 Å². The standard InChI is InChI=1S/C15H15N3O3/c19-15-14(18(20)21)7-11(8-16-15)9-17-6-5-12-3-1-2-4-13(12)10-17/h1-4,7-8H,5-6,9-10H2,(H,16,19). The molecule has 108 valence electrons. The van der Waals surface area contributed by atoms with Crippen LogP contribution in [0.25, 0.3) is 0 Å². The predicted molar refractivity (Wildman–Crippen MR) is 78.0 cm³/mol. The minimum absolute atomic E-state index is 0.398. The summed E-state index contributed by atoms with van der Waals surface area (Å²) in [6.07, 6.45) is 2.53. The Morgan fingerprint density at radius 3 is 2.81 bits per heavy atom. The number of rotatable bonds is 3. The summed E-state index contributed by atoms with van der Waals surface area (Å²) in [5.74, 6) is 0. The molecule has 0 saturated heterocycles. The summed E-state index contributed by atoms with van der Waals surface area (Å²) in [5.41, 5.74) is 2.35.